The van der Waals surface area contributed by atoms with Gasteiger partial charge in [0.15, 0.2) is 0 Å². The predicted octanol–water partition coefficient (Wildman–Crippen LogP) is 0.236. The van der Waals surface area contributed by atoms with Crippen LogP contribution in [0.15, 0.2) is 18.7 Å². The van der Waals surface area contributed by atoms with E-state index in [4.69, 9.17) is 5.73 Å². The van der Waals surface area contributed by atoms with Gasteiger partial charge in [-0.3, -0.25) is 9.48 Å². The molecule has 2 aromatic heterocycles. The van der Waals surface area contributed by atoms with E-state index in [1.807, 2.05) is 11.6 Å². The van der Waals surface area contributed by atoms with Gasteiger partial charge >= 0.3 is 0 Å². The first-order valence-electron chi connectivity index (χ1n) is 6.70. The normalized spacial score (nSPS) is 10.7. The molecule has 0 aliphatic rings. The van der Waals surface area contributed by atoms with Crippen LogP contribution < -0.4 is 11.1 Å². The van der Waals surface area contributed by atoms with E-state index in [9.17, 15) is 4.79 Å². The van der Waals surface area contributed by atoms with E-state index in [1.165, 1.54) is 0 Å². The van der Waals surface area contributed by atoms with Gasteiger partial charge in [-0.05, 0) is 19.9 Å². The van der Waals surface area contributed by atoms with Crippen molar-refractivity contribution >= 4 is 5.91 Å². The van der Waals surface area contributed by atoms with E-state index in [1.54, 1.807) is 18.7 Å². The second-order valence-corrected chi connectivity index (χ2v) is 4.59. The van der Waals surface area contributed by atoms with Crippen molar-refractivity contribution < 1.29 is 4.79 Å². The number of nitrogens with one attached hydrogen (secondary N) is 2. The fourth-order valence-corrected chi connectivity index (χ4v) is 1.96. The van der Waals surface area contributed by atoms with Crippen molar-refractivity contribution in [2.24, 2.45) is 5.73 Å². The number of carbonyl (C=O) groups is 1. The molecule has 0 aliphatic heterocycles. The number of amides is 1. The first-order valence-corrected chi connectivity index (χ1v) is 6.70. The number of H-pyrrole nitrogens is 1. The van der Waals surface area contributed by atoms with Gasteiger partial charge < -0.3 is 16.0 Å². The van der Waals surface area contributed by atoms with E-state index in [-0.39, 0.29) is 5.91 Å². The van der Waals surface area contributed by atoms with Crippen molar-refractivity contribution in [1.29, 1.82) is 0 Å². The predicted molar refractivity (Wildman–Crippen MR) is 75.3 cm³/mol. The maximum absolute atomic E-state index is 12.1. The summed E-state index contributed by atoms with van der Waals surface area (Å²) in [5.41, 5.74) is 7.97. The number of aromatic amines is 1. The Kier molecular flexibility index (Phi) is 4.89. The highest BCUT2D eigenvalue weighted by atomic mass is 16.1. The molecule has 7 heteroatoms. The number of aromatic nitrogens is 4. The van der Waals surface area contributed by atoms with Crippen molar-refractivity contribution in [3.63, 3.8) is 0 Å². The third kappa shape index (κ3) is 3.45. The highest BCUT2D eigenvalue weighted by Gasteiger charge is 2.13. The maximum atomic E-state index is 12.1. The van der Waals surface area contributed by atoms with Crippen LogP contribution in [0.1, 0.15) is 28.2 Å². The van der Waals surface area contributed by atoms with Gasteiger partial charge in [0, 0.05) is 37.1 Å². The van der Waals surface area contributed by atoms with Crippen molar-refractivity contribution in [1.82, 2.24) is 25.1 Å². The summed E-state index contributed by atoms with van der Waals surface area (Å²) in [7, 11) is 0. The van der Waals surface area contributed by atoms with Crippen LogP contribution in [0, 0.1) is 6.92 Å². The molecule has 0 unspecified atom stereocenters. The lowest BCUT2D eigenvalue weighted by atomic mass is 10.2. The van der Waals surface area contributed by atoms with E-state index in [0.29, 0.717) is 18.7 Å². The van der Waals surface area contributed by atoms with E-state index < -0.39 is 0 Å². The number of hydrogen-bond acceptors (Lipinski definition) is 4. The largest absolute Gasteiger partial charge is 0.352 e. The van der Waals surface area contributed by atoms with Crippen molar-refractivity contribution in [3.8, 4) is 0 Å². The zero-order valence-electron chi connectivity index (χ0n) is 11.6. The molecule has 108 valence electrons. The van der Waals surface area contributed by atoms with Crippen LogP contribution in [-0.4, -0.2) is 38.7 Å². The van der Waals surface area contributed by atoms with Crippen LogP contribution in [0.5, 0.6) is 0 Å². The van der Waals surface area contributed by atoms with Crippen LogP contribution in [0.25, 0.3) is 0 Å². The van der Waals surface area contributed by atoms with Crippen molar-refractivity contribution in [2.45, 2.75) is 26.3 Å². The van der Waals surface area contributed by atoms with Gasteiger partial charge in [-0.15, -0.1) is 0 Å². The highest BCUT2D eigenvalue weighted by molar-refractivity contribution is 5.95. The minimum Gasteiger partial charge on any atom is -0.352 e. The fraction of sp³-hybridized carbons (Fsp3) is 0.462. The molecule has 1 amide bonds. The minimum atomic E-state index is -0.0963. The third-order valence-electron chi connectivity index (χ3n) is 3.16. The molecule has 7 nitrogen and oxygen atoms in total. The Morgan fingerprint density at radius 2 is 2.35 bits per heavy atom. The molecule has 0 fully saturated rings. The SMILES string of the molecule is Cc1c(C(=O)NCCc2cnc[nH]2)cnn1CCCN. The minimum absolute atomic E-state index is 0.0963. The Morgan fingerprint density at radius 1 is 1.50 bits per heavy atom. The summed E-state index contributed by atoms with van der Waals surface area (Å²) in [6, 6.07) is 0. The monoisotopic (exact) mass is 276 g/mol. The summed E-state index contributed by atoms with van der Waals surface area (Å²) < 4.78 is 1.82. The number of nitrogens with zero attached hydrogens (tertiary/aromatic N) is 3. The summed E-state index contributed by atoms with van der Waals surface area (Å²) in [6.07, 6.45) is 6.57. The van der Waals surface area contributed by atoms with Gasteiger partial charge in [0.1, 0.15) is 0 Å². The number of carbonyl (C=O) groups excluding carboxylic acids is 1. The molecule has 2 aromatic rings. The van der Waals surface area contributed by atoms with Crippen molar-refractivity contribution in [2.75, 3.05) is 13.1 Å². The molecule has 0 saturated heterocycles. The van der Waals surface area contributed by atoms with Gasteiger partial charge in [0.25, 0.3) is 5.91 Å². The van der Waals surface area contributed by atoms with Crippen molar-refractivity contribution in [3.05, 3.63) is 35.7 Å². The van der Waals surface area contributed by atoms with E-state index >= 15 is 0 Å². The molecule has 2 heterocycles. The molecule has 0 bridgehead atoms. The molecule has 0 spiro atoms. The smallest absolute Gasteiger partial charge is 0.254 e. The molecule has 0 aliphatic carbocycles. The summed E-state index contributed by atoms with van der Waals surface area (Å²) in [5.74, 6) is -0.0963. The van der Waals surface area contributed by atoms with Gasteiger partial charge in [0.2, 0.25) is 0 Å². The molecular formula is C13H20N6O. The Labute approximate surface area is 117 Å². The Morgan fingerprint density at radius 3 is 3.05 bits per heavy atom. The lowest BCUT2D eigenvalue weighted by Crippen LogP contribution is -2.26. The van der Waals surface area contributed by atoms with Crippen LogP contribution >= 0.6 is 0 Å². The molecular weight excluding hydrogens is 256 g/mol. The Balaban J connectivity index is 1.87. The maximum Gasteiger partial charge on any atom is 0.254 e. The van der Waals surface area contributed by atoms with Gasteiger partial charge in [-0.1, -0.05) is 0 Å². The third-order valence-corrected chi connectivity index (χ3v) is 3.16. The number of imidazole rings is 1. The quantitative estimate of drug-likeness (QED) is 0.674. The van der Waals surface area contributed by atoms with Crippen LogP contribution in [0.4, 0.5) is 0 Å². The average Bonchev–Trinajstić information content (AvgIpc) is 3.06. The molecule has 4 N–H and O–H groups in total. The topological polar surface area (TPSA) is 102 Å². The molecule has 0 aromatic carbocycles. The van der Waals surface area contributed by atoms with Gasteiger partial charge in [0.05, 0.1) is 18.1 Å². The molecule has 0 radical (unpaired) electrons. The summed E-state index contributed by atoms with van der Waals surface area (Å²) in [4.78, 5) is 19.0. The highest BCUT2D eigenvalue weighted by Crippen LogP contribution is 2.07. The van der Waals surface area contributed by atoms with Crippen LogP contribution in [0.2, 0.25) is 0 Å². The average molecular weight is 276 g/mol. The van der Waals surface area contributed by atoms with Gasteiger partial charge in [-0.25, -0.2) is 4.98 Å². The molecule has 0 atom stereocenters. The van der Waals surface area contributed by atoms with E-state index in [0.717, 1.165) is 30.8 Å². The number of aryl methyl sites for hydroxylation is 1. The zero-order valence-corrected chi connectivity index (χ0v) is 11.6. The molecule has 20 heavy (non-hydrogen) atoms. The Bertz CT molecular complexity index is 545. The fourth-order valence-electron chi connectivity index (χ4n) is 1.96. The first-order chi connectivity index (χ1) is 9.72. The zero-order chi connectivity index (χ0) is 14.4. The van der Waals surface area contributed by atoms with Crippen LogP contribution in [-0.2, 0) is 13.0 Å². The van der Waals surface area contributed by atoms with E-state index in [2.05, 4.69) is 20.4 Å². The summed E-state index contributed by atoms with van der Waals surface area (Å²) in [6.45, 7) is 3.82. The van der Waals surface area contributed by atoms with Crippen LogP contribution in [0.3, 0.4) is 0 Å². The second-order valence-electron chi connectivity index (χ2n) is 4.59. The Hall–Kier alpha value is -2.15. The number of rotatable bonds is 7. The first kappa shape index (κ1) is 14.3. The standard InChI is InChI=1S/C13H20N6O/c1-10-12(8-18-19(10)6-2-4-14)13(20)16-5-3-11-7-15-9-17-11/h7-9H,2-6,14H2,1H3,(H,15,17)(H,16,20). The number of hydrogen-bond donors (Lipinski definition) is 3. The van der Waals surface area contributed by atoms with Gasteiger partial charge in [-0.2, -0.15) is 5.10 Å². The summed E-state index contributed by atoms with van der Waals surface area (Å²) in [5, 5.41) is 7.10. The lowest BCUT2D eigenvalue weighted by molar-refractivity contribution is 0.0953. The summed E-state index contributed by atoms with van der Waals surface area (Å²) >= 11 is 0. The molecule has 0 saturated carbocycles. The molecule has 2 rings (SSSR count). The lowest BCUT2D eigenvalue weighted by Gasteiger charge is -2.05. The second kappa shape index (κ2) is 6.85. The number of nitrogens with two attached hydrogens (primary N) is 1.